The molecule has 0 aliphatic rings. The van der Waals surface area contributed by atoms with E-state index in [0.29, 0.717) is 12.2 Å². The Labute approximate surface area is 78.7 Å². The molecule has 0 bridgehead atoms. The molecule has 0 fully saturated rings. The van der Waals surface area contributed by atoms with Crippen molar-refractivity contribution in [1.82, 2.24) is 0 Å². The van der Waals surface area contributed by atoms with Gasteiger partial charge in [-0.15, -0.1) is 0 Å². The Bertz CT molecular complexity index is 316. The van der Waals surface area contributed by atoms with Crippen molar-refractivity contribution in [1.29, 1.82) is 0 Å². The molecule has 0 rings (SSSR count). The minimum Gasteiger partial charge on any atom is -0.463 e. The minimum atomic E-state index is -2.17. The number of ether oxygens (including phenoxy) is 1. The number of esters is 1. The fraction of sp³-hybridized carbons (Fsp3) is 0.500. The average Bonchev–Trinajstić information content (AvgIpc) is 2.04. The van der Waals surface area contributed by atoms with Gasteiger partial charge in [-0.3, -0.25) is 0 Å². The molecule has 74 valence electrons. The topological polar surface area (TPSA) is 60.4 Å². The molecule has 0 aliphatic carbocycles. The molecule has 0 amide bonds. The van der Waals surface area contributed by atoms with E-state index >= 15 is 0 Å². The standard InChI is InChI=1S/C8H12O4S/c1-3-12-8(9)7(2)5-4-6-13(10)11/h5-6H,3-4H2,1-2H3. The van der Waals surface area contributed by atoms with E-state index in [0.717, 1.165) is 5.37 Å². The summed E-state index contributed by atoms with van der Waals surface area (Å²) in [4.78, 5) is 11.0. The van der Waals surface area contributed by atoms with E-state index in [2.05, 4.69) is 4.74 Å². The van der Waals surface area contributed by atoms with Gasteiger partial charge in [0.2, 0.25) is 10.3 Å². The van der Waals surface area contributed by atoms with Crippen LogP contribution >= 0.6 is 0 Å². The Balaban J connectivity index is 4.17. The van der Waals surface area contributed by atoms with Gasteiger partial charge in [-0.2, -0.15) is 8.42 Å². The summed E-state index contributed by atoms with van der Waals surface area (Å²) in [6.07, 6.45) is 1.73. The molecule has 4 nitrogen and oxygen atoms in total. The van der Waals surface area contributed by atoms with Crippen LogP contribution in [-0.4, -0.2) is 26.4 Å². The highest BCUT2D eigenvalue weighted by Crippen LogP contribution is 1.97. The molecule has 0 unspecified atom stereocenters. The van der Waals surface area contributed by atoms with Crippen molar-refractivity contribution in [2.24, 2.45) is 0 Å². The summed E-state index contributed by atoms with van der Waals surface area (Å²) in [7, 11) is -2.17. The van der Waals surface area contributed by atoms with E-state index < -0.39 is 16.3 Å². The van der Waals surface area contributed by atoms with Crippen LogP contribution in [0.5, 0.6) is 0 Å². The highest BCUT2D eigenvalue weighted by molar-refractivity contribution is 7.71. The third-order valence-electron chi connectivity index (χ3n) is 1.25. The zero-order chi connectivity index (χ0) is 10.3. The third kappa shape index (κ3) is 6.10. The van der Waals surface area contributed by atoms with E-state index in [1.165, 1.54) is 6.08 Å². The van der Waals surface area contributed by atoms with Gasteiger partial charge >= 0.3 is 5.97 Å². The van der Waals surface area contributed by atoms with Crippen LogP contribution in [0.25, 0.3) is 0 Å². The lowest BCUT2D eigenvalue weighted by molar-refractivity contribution is -0.138. The van der Waals surface area contributed by atoms with Gasteiger partial charge < -0.3 is 4.74 Å². The van der Waals surface area contributed by atoms with Crippen molar-refractivity contribution >= 4 is 21.6 Å². The van der Waals surface area contributed by atoms with Crippen molar-refractivity contribution in [3.8, 4) is 0 Å². The van der Waals surface area contributed by atoms with Crippen molar-refractivity contribution in [2.45, 2.75) is 20.3 Å². The molecule has 0 aliphatic heterocycles. The van der Waals surface area contributed by atoms with Crippen molar-refractivity contribution in [2.75, 3.05) is 6.61 Å². The molecule has 0 atom stereocenters. The van der Waals surface area contributed by atoms with Crippen LogP contribution in [0.4, 0.5) is 0 Å². The summed E-state index contributed by atoms with van der Waals surface area (Å²) in [5.41, 5.74) is 0.420. The van der Waals surface area contributed by atoms with Crippen LogP contribution in [0.15, 0.2) is 11.6 Å². The predicted octanol–water partition coefficient (Wildman–Crippen LogP) is 0.567. The summed E-state index contributed by atoms with van der Waals surface area (Å²) in [6.45, 7) is 3.62. The maximum Gasteiger partial charge on any atom is 0.333 e. The largest absolute Gasteiger partial charge is 0.463 e. The lowest BCUT2D eigenvalue weighted by Gasteiger charge is -1.99. The summed E-state index contributed by atoms with van der Waals surface area (Å²) in [5, 5.41) is 1.07. The third-order valence-corrected chi connectivity index (χ3v) is 1.72. The monoisotopic (exact) mass is 204 g/mol. The molecule has 5 heteroatoms. The first-order valence-corrected chi connectivity index (χ1v) is 4.97. The average molecular weight is 204 g/mol. The Kier molecular flexibility index (Phi) is 5.88. The van der Waals surface area contributed by atoms with Gasteiger partial charge in [0.15, 0.2) is 0 Å². The Morgan fingerprint density at radius 3 is 2.54 bits per heavy atom. The highest BCUT2D eigenvalue weighted by atomic mass is 32.2. The molecule has 0 saturated heterocycles. The van der Waals surface area contributed by atoms with E-state index in [1.807, 2.05) is 0 Å². The maximum atomic E-state index is 11.0. The van der Waals surface area contributed by atoms with Crippen LogP contribution < -0.4 is 0 Å². The Hall–Kier alpha value is -1.10. The smallest absolute Gasteiger partial charge is 0.333 e. The van der Waals surface area contributed by atoms with Gasteiger partial charge in [-0.25, -0.2) is 4.79 Å². The SMILES string of the molecule is CCOC(=O)C(C)=CCC=S(=O)=O. The van der Waals surface area contributed by atoms with Gasteiger partial charge in [0.05, 0.1) is 6.61 Å². The number of hydrogen-bond donors (Lipinski definition) is 0. The van der Waals surface area contributed by atoms with E-state index in [9.17, 15) is 13.2 Å². The molecule has 13 heavy (non-hydrogen) atoms. The first-order valence-electron chi connectivity index (χ1n) is 3.83. The summed E-state index contributed by atoms with van der Waals surface area (Å²) < 4.78 is 24.8. The zero-order valence-corrected chi connectivity index (χ0v) is 8.43. The number of carbonyl (C=O) groups excluding carboxylic acids is 1. The van der Waals surface area contributed by atoms with Crippen LogP contribution in [0.2, 0.25) is 0 Å². The second-order valence-corrected chi connectivity index (χ2v) is 3.12. The normalized spacial score (nSPS) is 10.8. The molecule has 0 radical (unpaired) electrons. The minimum absolute atomic E-state index is 0.223. The number of rotatable bonds is 4. The molecule has 0 heterocycles. The maximum absolute atomic E-state index is 11.0. The Morgan fingerprint density at radius 1 is 1.46 bits per heavy atom. The lowest BCUT2D eigenvalue weighted by atomic mass is 10.2. The fourth-order valence-electron chi connectivity index (χ4n) is 0.632. The molecule has 0 N–H and O–H groups in total. The molecule has 0 aromatic carbocycles. The number of allylic oxidation sites excluding steroid dienone is 1. The van der Waals surface area contributed by atoms with Gasteiger partial charge in [-0.05, 0) is 20.3 Å². The van der Waals surface area contributed by atoms with Crippen molar-refractivity contribution in [3.63, 3.8) is 0 Å². The van der Waals surface area contributed by atoms with Crippen LogP contribution in [-0.2, 0) is 19.8 Å². The van der Waals surface area contributed by atoms with E-state index in [-0.39, 0.29) is 6.42 Å². The predicted molar refractivity (Wildman–Crippen MR) is 50.0 cm³/mol. The Morgan fingerprint density at radius 2 is 2.08 bits per heavy atom. The molecule has 0 aromatic rings. The number of carbonyl (C=O) groups is 1. The molecular weight excluding hydrogens is 192 g/mol. The van der Waals surface area contributed by atoms with Gasteiger partial charge in [0.1, 0.15) is 0 Å². The lowest BCUT2D eigenvalue weighted by Crippen LogP contribution is -2.04. The quantitative estimate of drug-likeness (QED) is 0.381. The summed E-state index contributed by atoms with van der Waals surface area (Å²) >= 11 is 0. The van der Waals surface area contributed by atoms with Crippen LogP contribution in [0.1, 0.15) is 20.3 Å². The molecule has 0 spiro atoms. The van der Waals surface area contributed by atoms with Crippen molar-refractivity contribution in [3.05, 3.63) is 11.6 Å². The van der Waals surface area contributed by atoms with E-state index in [4.69, 9.17) is 0 Å². The van der Waals surface area contributed by atoms with Crippen molar-refractivity contribution < 1.29 is 17.9 Å². The van der Waals surface area contributed by atoms with E-state index in [1.54, 1.807) is 13.8 Å². The van der Waals surface area contributed by atoms with Gasteiger partial charge in [0, 0.05) is 10.9 Å². The summed E-state index contributed by atoms with van der Waals surface area (Å²) in [6, 6.07) is 0. The second kappa shape index (κ2) is 6.42. The molecule has 0 saturated carbocycles. The fourth-order valence-corrected chi connectivity index (χ4v) is 0.885. The first-order chi connectivity index (χ1) is 6.07. The van der Waals surface area contributed by atoms with Gasteiger partial charge in [0.25, 0.3) is 0 Å². The van der Waals surface area contributed by atoms with Gasteiger partial charge in [-0.1, -0.05) is 6.08 Å². The molecule has 0 aromatic heterocycles. The highest BCUT2D eigenvalue weighted by Gasteiger charge is 2.02. The zero-order valence-electron chi connectivity index (χ0n) is 7.61. The second-order valence-electron chi connectivity index (χ2n) is 2.27. The first kappa shape index (κ1) is 11.9. The summed E-state index contributed by atoms with van der Waals surface area (Å²) in [5.74, 6) is -0.410. The molecular formula is C8H12O4S. The number of hydrogen-bond acceptors (Lipinski definition) is 4. The van der Waals surface area contributed by atoms with Crippen LogP contribution in [0.3, 0.4) is 0 Å². The van der Waals surface area contributed by atoms with Crippen LogP contribution in [0, 0.1) is 0 Å².